The zero-order valence-electron chi connectivity index (χ0n) is 15.6. The Labute approximate surface area is 158 Å². The third kappa shape index (κ3) is 6.14. The van der Waals surface area contributed by atoms with Crippen molar-refractivity contribution in [3.05, 3.63) is 53.6 Å². The average molecular weight is 369 g/mol. The van der Waals surface area contributed by atoms with Gasteiger partial charge in [0.2, 0.25) is 11.8 Å². The maximum atomic E-state index is 12.1. The first-order valence-electron chi connectivity index (χ1n) is 8.58. The summed E-state index contributed by atoms with van der Waals surface area (Å²) in [6.45, 7) is 5.51. The molecule has 7 nitrogen and oxygen atoms in total. The molecule has 3 amide bonds. The number of carbonyl (C=O) groups excluding carboxylic acids is 3. The van der Waals surface area contributed by atoms with Crippen molar-refractivity contribution in [3.8, 4) is 5.75 Å². The van der Waals surface area contributed by atoms with E-state index in [0.29, 0.717) is 29.3 Å². The van der Waals surface area contributed by atoms with Crippen LogP contribution in [0.5, 0.6) is 5.75 Å². The largest absolute Gasteiger partial charge is 0.494 e. The van der Waals surface area contributed by atoms with Crippen LogP contribution >= 0.6 is 0 Å². The number of carbonyl (C=O) groups is 3. The van der Waals surface area contributed by atoms with Gasteiger partial charge in [0.25, 0.3) is 5.91 Å². The van der Waals surface area contributed by atoms with Crippen molar-refractivity contribution >= 4 is 29.1 Å². The standard InChI is InChI=1S/C20H23N3O4/c1-4-27-17-9-6-15(7-10-17)20(26)21-12-19(25)23-18-11-16(22-14(3)24)8-5-13(18)2/h5-11H,4,12H2,1-3H3,(H,21,26)(H,22,24)(H,23,25). The predicted molar refractivity (Wildman–Crippen MR) is 104 cm³/mol. The topological polar surface area (TPSA) is 96.5 Å². The van der Waals surface area contributed by atoms with Gasteiger partial charge in [0, 0.05) is 23.9 Å². The molecule has 0 saturated carbocycles. The highest BCUT2D eigenvalue weighted by molar-refractivity contribution is 6.00. The molecule has 2 aromatic rings. The highest BCUT2D eigenvalue weighted by Crippen LogP contribution is 2.20. The molecule has 27 heavy (non-hydrogen) atoms. The maximum Gasteiger partial charge on any atom is 0.251 e. The summed E-state index contributed by atoms with van der Waals surface area (Å²) < 4.78 is 5.33. The van der Waals surface area contributed by atoms with Gasteiger partial charge < -0.3 is 20.7 Å². The lowest BCUT2D eigenvalue weighted by Gasteiger charge is -2.11. The molecule has 0 saturated heterocycles. The number of aryl methyl sites for hydroxylation is 1. The zero-order valence-corrected chi connectivity index (χ0v) is 15.6. The van der Waals surface area contributed by atoms with Crippen LogP contribution in [0.25, 0.3) is 0 Å². The van der Waals surface area contributed by atoms with Crippen molar-refractivity contribution in [1.82, 2.24) is 5.32 Å². The van der Waals surface area contributed by atoms with Gasteiger partial charge in [0.1, 0.15) is 5.75 Å². The van der Waals surface area contributed by atoms with E-state index in [9.17, 15) is 14.4 Å². The molecule has 0 spiro atoms. The molecule has 0 aliphatic carbocycles. The second-order valence-electron chi connectivity index (χ2n) is 5.90. The lowest BCUT2D eigenvalue weighted by Crippen LogP contribution is -2.33. The summed E-state index contributed by atoms with van der Waals surface area (Å²) in [5.74, 6) is -0.227. The minimum Gasteiger partial charge on any atom is -0.494 e. The van der Waals surface area contributed by atoms with Gasteiger partial charge in [-0.3, -0.25) is 14.4 Å². The van der Waals surface area contributed by atoms with Gasteiger partial charge in [0.05, 0.1) is 13.2 Å². The molecule has 2 rings (SSSR count). The molecule has 0 heterocycles. The Morgan fingerprint density at radius 1 is 1.00 bits per heavy atom. The van der Waals surface area contributed by atoms with E-state index in [4.69, 9.17) is 4.74 Å². The zero-order chi connectivity index (χ0) is 19.8. The first-order valence-corrected chi connectivity index (χ1v) is 8.58. The van der Waals surface area contributed by atoms with Crippen LogP contribution in [0.3, 0.4) is 0 Å². The van der Waals surface area contributed by atoms with Crippen molar-refractivity contribution < 1.29 is 19.1 Å². The SMILES string of the molecule is CCOc1ccc(C(=O)NCC(=O)Nc2cc(NC(C)=O)ccc2C)cc1. The maximum absolute atomic E-state index is 12.1. The van der Waals surface area contributed by atoms with Crippen LogP contribution in [0.4, 0.5) is 11.4 Å². The van der Waals surface area contributed by atoms with Gasteiger partial charge in [-0.15, -0.1) is 0 Å². The normalized spacial score (nSPS) is 10.0. The molecule has 2 aromatic carbocycles. The fourth-order valence-electron chi connectivity index (χ4n) is 2.36. The van der Waals surface area contributed by atoms with E-state index in [2.05, 4.69) is 16.0 Å². The highest BCUT2D eigenvalue weighted by Gasteiger charge is 2.10. The summed E-state index contributed by atoms with van der Waals surface area (Å²) in [4.78, 5) is 35.4. The second kappa shape index (κ2) is 9.38. The van der Waals surface area contributed by atoms with Crippen LogP contribution in [-0.4, -0.2) is 30.9 Å². The Morgan fingerprint density at radius 3 is 2.33 bits per heavy atom. The molecule has 0 unspecified atom stereocenters. The van der Waals surface area contributed by atoms with Crippen LogP contribution in [0.2, 0.25) is 0 Å². The number of rotatable bonds is 7. The molecule has 0 bridgehead atoms. The van der Waals surface area contributed by atoms with Crippen molar-refractivity contribution in [1.29, 1.82) is 0 Å². The number of benzene rings is 2. The summed E-state index contributed by atoms with van der Waals surface area (Å²) in [7, 11) is 0. The number of hydrogen-bond donors (Lipinski definition) is 3. The molecular weight excluding hydrogens is 346 g/mol. The Kier molecular flexibility index (Phi) is 6.93. The van der Waals surface area contributed by atoms with E-state index in [0.717, 1.165) is 5.56 Å². The molecule has 0 aliphatic heterocycles. The third-order valence-corrected chi connectivity index (χ3v) is 3.67. The van der Waals surface area contributed by atoms with Gasteiger partial charge in [-0.1, -0.05) is 6.07 Å². The monoisotopic (exact) mass is 369 g/mol. The lowest BCUT2D eigenvalue weighted by atomic mass is 10.1. The van der Waals surface area contributed by atoms with Crippen LogP contribution in [0, 0.1) is 6.92 Å². The number of amides is 3. The van der Waals surface area contributed by atoms with E-state index in [1.54, 1.807) is 42.5 Å². The molecule has 0 aliphatic rings. The quantitative estimate of drug-likeness (QED) is 0.699. The molecular formula is C20H23N3O4. The smallest absolute Gasteiger partial charge is 0.251 e. The van der Waals surface area contributed by atoms with E-state index >= 15 is 0 Å². The molecule has 3 N–H and O–H groups in total. The van der Waals surface area contributed by atoms with Crippen molar-refractivity contribution in [2.75, 3.05) is 23.8 Å². The van der Waals surface area contributed by atoms with Gasteiger partial charge in [-0.25, -0.2) is 0 Å². The van der Waals surface area contributed by atoms with Gasteiger partial charge in [0.15, 0.2) is 0 Å². The number of nitrogens with one attached hydrogen (secondary N) is 3. The van der Waals surface area contributed by atoms with Crippen molar-refractivity contribution in [3.63, 3.8) is 0 Å². The number of anilines is 2. The molecule has 0 fully saturated rings. The Balaban J connectivity index is 1.92. The minimum absolute atomic E-state index is 0.171. The number of ether oxygens (including phenoxy) is 1. The number of hydrogen-bond acceptors (Lipinski definition) is 4. The van der Waals surface area contributed by atoms with Crippen molar-refractivity contribution in [2.24, 2.45) is 0 Å². The van der Waals surface area contributed by atoms with E-state index in [1.807, 2.05) is 13.8 Å². The van der Waals surface area contributed by atoms with Crippen LogP contribution < -0.4 is 20.7 Å². The minimum atomic E-state index is -0.364. The molecule has 0 atom stereocenters. The fraction of sp³-hybridized carbons (Fsp3) is 0.250. The first kappa shape index (κ1) is 20.0. The third-order valence-electron chi connectivity index (χ3n) is 3.67. The predicted octanol–water partition coefficient (Wildman–Crippen LogP) is 2.72. The fourth-order valence-corrected chi connectivity index (χ4v) is 2.36. The molecule has 0 aromatic heterocycles. The van der Waals surface area contributed by atoms with E-state index in [1.165, 1.54) is 6.92 Å². The summed E-state index contributed by atoms with van der Waals surface area (Å²) in [5.41, 5.74) is 2.44. The van der Waals surface area contributed by atoms with Crippen molar-refractivity contribution in [2.45, 2.75) is 20.8 Å². The summed E-state index contributed by atoms with van der Waals surface area (Å²) in [6.07, 6.45) is 0. The molecule has 7 heteroatoms. The first-order chi connectivity index (χ1) is 12.9. The van der Waals surface area contributed by atoms with E-state index < -0.39 is 0 Å². The Hall–Kier alpha value is -3.35. The van der Waals surface area contributed by atoms with Gasteiger partial charge in [-0.2, -0.15) is 0 Å². The average Bonchev–Trinajstić information content (AvgIpc) is 2.63. The van der Waals surface area contributed by atoms with Crippen LogP contribution in [0.1, 0.15) is 29.8 Å². The summed E-state index contributed by atoms with van der Waals surface area (Å²) in [6, 6.07) is 11.9. The van der Waals surface area contributed by atoms with Gasteiger partial charge in [-0.05, 0) is 55.8 Å². The highest BCUT2D eigenvalue weighted by atomic mass is 16.5. The van der Waals surface area contributed by atoms with Gasteiger partial charge >= 0.3 is 0 Å². The molecule has 142 valence electrons. The second-order valence-corrected chi connectivity index (χ2v) is 5.90. The lowest BCUT2D eigenvalue weighted by molar-refractivity contribution is -0.115. The van der Waals surface area contributed by atoms with Crippen LogP contribution in [0.15, 0.2) is 42.5 Å². The summed E-state index contributed by atoms with van der Waals surface area (Å²) in [5, 5.41) is 7.97. The summed E-state index contributed by atoms with van der Waals surface area (Å²) >= 11 is 0. The molecule has 0 radical (unpaired) electrons. The Morgan fingerprint density at radius 2 is 1.70 bits per heavy atom. The van der Waals surface area contributed by atoms with E-state index in [-0.39, 0.29) is 24.3 Å². The van der Waals surface area contributed by atoms with Crippen LogP contribution in [-0.2, 0) is 9.59 Å². The Bertz CT molecular complexity index is 832.